The molecular formula is C34H66NO8P. The number of ether oxygens (including phenoxy) is 1. The molecule has 3 N–H and O–H groups in total. The monoisotopic (exact) mass is 647 g/mol. The van der Waals surface area contributed by atoms with Crippen LogP contribution < -0.4 is 5.32 Å². The Morgan fingerprint density at radius 2 is 1.16 bits per heavy atom. The van der Waals surface area contributed by atoms with Crippen molar-refractivity contribution in [2.75, 3.05) is 26.4 Å². The van der Waals surface area contributed by atoms with Crippen LogP contribution in [0.2, 0.25) is 0 Å². The number of carbonyl (C=O) groups excluding carboxylic acids is 2. The molecule has 10 heteroatoms. The number of rotatable bonds is 33. The molecule has 9 nitrogen and oxygen atoms in total. The van der Waals surface area contributed by atoms with E-state index in [9.17, 15) is 24.2 Å². The Morgan fingerprint density at radius 3 is 1.70 bits per heavy atom. The summed E-state index contributed by atoms with van der Waals surface area (Å²) in [5, 5.41) is 12.6. The Labute approximate surface area is 268 Å². The van der Waals surface area contributed by atoms with Crippen LogP contribution in [-0.2, 0) is 27.9 Å². The normalized spacial score (nSPS) is 13.6. The van der Waals surface area contributed by atoms with Gasteiger partial charge in [-0.3, -0.25) is 18.6 Å². The summed E-state index contributed by atoms with van der Waals surface area (Å²) in [6, 6.07) is 0. The predicted molar refractivity (Wildman–Crippen MR) is 178 cm³/mol. The second-order valence-corrected chi connectivity index (χ2v) is 13.3. The molecule has 0 aliphatic rings. The smallest absolute Gasteiger partial charge is 0.463 e. The zero-order valence-corrected chi connectivity index (χ0v) is 29.0. The number of allylic oxidation sites excluding steroid dienone is 2. The van der Waals surface area contributed by atoms with E-state index in [4.69, 9.17) is 13.8 Å². The van der Waals surface area contributed by atoms with E-state index in [1.165, 1.54) is 77.0 Å². The van der Waals surface area contributed by atoms with E-state index < -0.39 is 26.5 Å². The van der Waals surface area contributed by atoms with E-state index in [2.05, 4.69) is 31.3 Å². The van der Waals surface area contributed by atoms with Crippen molar-refractivity contribution in [1.82, 2.24) is 5.32 Å². The zero-order valence-electron chi connectivity index (χ0n) is 28.1. The van der Waals surface area contributed by atoms with Crippen molar-refractivity contribution in [2.24, 2.45) is 0 Å². The van der Waals surface area contributed by atoms with Crippen LogP contribution in [0.15, 0.2) is 12.2 Å². The molecule has 0 rings (SSSR count). The molecule has 0 aromatic carbocycles. The number of unbranched alkanes of at least 4 members (excludes halogenated alkanes) is 18. The van der Waals surface area contributed by atoms with Gasteiger partial charge in [0.05, 0.1) is 13.2 Å². The maximum atomic E-state index is 12.0. The molecule has 2 atom stereocenters. The molecule has 260 valence electrons. The largest absolute Gasteiger partial charge is 0.472 e. The summed E-state index contributed by atoms with van der Waals surface area (Å²) >= 11 is 0. The van der Waals surface area contributed by atoms with E-state index in [0.29, 0.717) is 6.42 Å². The summed E-state index contributed by atoms with van der Waals surface area (Å²) in [6.07, 6.45) is 28.6. The maximum Gasteiger partial charge on any atom is 0.472 e. The molecule has 0 radical (unpaired) electrons. The first-order valence-electron chi connectivity index (χ1n) is 17.7. The molecule has 0 saturated heterocycles. The molecule has 2 unspecified atom stereocenters. The van der Waals surface area contributed by atoms with Crippen molar-refractivity contribution < 1.29 is 37.9 Å². The van der Waals surface area contributed by atoms with Gasteiger partial charge in [-0.2, -0.15) is 0 Å². The lowest BCUT2D eigenvalue weighted by atomic mass is 10.1. The highest BCUT2D eigenvalue weighted by atomic mass is 31.2. The molecule has 44 heavy (non-hydrogen) atoms. The number of phosphoric ester groups is 1. The van der Waals surface area contributed by atoms with Gasteiger partial charge in [-0.15, -0.1) is 0 Å². The fourth-order valence-corrected chi connectivity index (χ4v) is 5.48. The number of hydrogen-bond acceptors (Lipinski definition) is 7. The average Bonchev–Trinajstić information content (AvgIpc) is 3.00. The fourth-order valence-electron chi connectivity index (χ4n) is 4.73. The number of amides is 1. The average molecular weight is 648 g/mol. The van der Waals surface area contributed by atoms with Crippen LogP contribution in [0.1, 0.15) is 162 Å². The van der Waals surface area contributed by atoms with Gasteiger partial charge in [-0.05, 0) is 38.5 Å². The van der Waals surface area contributed by atoms with Gasteiger partial charge in [0.25, 0.3) is 0 Å². The first-order valence-corrected chi connectivity index (χ1v) is 19.2. The van der Waals surface area contributed by atoms with Crippen molar-refractivity contribution in [3.05, 3.63) is 12.2 Å². The molecule has 0 bridgehead atoms. The number of phosphoric acid groups is 1. The quantitative estimate of drug-likeness (QED) is 0.0279. The Kier molecular flexibility index (Phi) is 30.8. The summed E-state index contributed by atoms with van der Waals surface area (Å²) in [5.41, 5.74) is 0. The van der Waals surface area contributed by atoms with Crippen LogP contribution in [0.4, 0.5) is 0 Å². The van der Waals surface area contributed by atoms with Crippen molar-refractivity contribution in [3.8, 4) is 0 Å². The molecule has 0 aliphatic heterocycles. The van der Waals surface area contributed by atoms with E-state index in [1.807, 2.05) is 0 Å². The van der Waals surface area contributed by atoms with Gasteiger partial charge in [-0.1, -0.05) is 122 Å². The molecular weight excluding hydrogens is 581 g/mol. The van der Waals surface area contributed by atoms with Gasteiger partial charge in [-0.25, -0.2) is 4.57 Å². The lowest BCUT2D eigenvalue weighted by molar-refractivity contribution is -0.147. The molecule has 0 aliphatic carbocycles. The predicted octanol–water partition coefficient (Wildman–Crippen LogP) is 8.71. The van der Waals surface area contributed by atoms with Gasteiger partial charge in [0.15, 0.2) is 0 Å². The first kappa shape index (κ1) is 42.8. The number of carbonyl (C=O) groups is 2. The van der Waals surface area contributed by atoms with Gasteiger partial charge < -0.3 is 20.1 Å². The maximum absolute atomic E-state index is 12.0. The summed E-state index contributed by atoms with van der Waals surface area (Å²) in [6.45, 7) is 3.50. The van der Waals surface area contributed by atoms with Crippen LogP contribution in [0.25, 0.3) is 0 Å². The van der Waals surface area contributed by atoms with Crippen LogP contribution in [-0.4, -0.2) is 54.3 Å². The fraction of sp³-hybridized carbons (Fsp3) is 0.882. The van der Waals surface area contributed by atoms with Gasteiger partial charge in [0.2, 0.25) is 5.91 Å². The minimum atomic E-state index is -4.40. The number of aliphatic hydroxyl groups excluding tert-OH is 1. The van der Waals surface area contributed by atoms with Crippen LogP contribution in [0.5, 0.6) is 0 Å². The Balaban J connectivity index is 3.65. The highest BCUT2D eigenvalue weighted by Crippen LogP contribution is 2.42. The third-order valence-corrected chi connectivity index (χ3v) is 8.43. The van der Waals surface area contributed by atoms with Crippen molar-refractivity contribution in [2.45, 2.75) is 168 Å². The van der Waals surface area contributed by atoms with E-state index >= 15 is 0 Å². The van der Waals surface area contributed by atoms with Gasteiger partial charge in [0, 0.05) is 19.4 Å². The number of aliphatic hydroxyl groups is 1. The lowest BCUT2D eigenvalue weighted by Crippen LogP contribution is -2.27. The third-order valence-electron chi connectivity index (χ3n) is 7.45. The summed E-state index contributed by atoms with van der Waals surface area (Å²) in [5.74, 6) is -0.526. The molecule has 0 spiro atoms. The lowest BCUT2D eigenvalue weighted by Gasteiger charge is -2.15. The Hall–Kier alpha value is -1.25. The second-order valence-electron chi connectivity index (χ2n) is 11.8. The molecule has 0 fully saturated rings. The van der Waals surface area contributed by atoms with Crippen LogP contribution in [0, 0.1) is 0 Å². The Bertz CT molecular complexity index is 749. The topological polar surface area (TPSA) is 131 Å². The number of hydrogen-bond donors (Lipinski definition) is 3. The Morgan fingerprint density at radius 1 is 0.682 bits per heavy atom. The SMILES string of the molecule is CCCCCCC/C=C\CCCCCCCC(=O)OCC(O)COP(=O)(O)OCCNC(=O)CCCCCCCCCCC. The summed E-state index contributed by atoms with van der Waals surface area (Å²) < 4.78 is 26.7. The third kappa shape index (κ3) is 32.2. The minimum absolute atomic E-state index is 0.0840. The first-order chi connectivity index (χ1) is 21.3. The molecule has 0 aromatic heterocycles. The van der Waals surface area contributed by atoms with Crippen LogP contribution in [0.3, 0.4) is 0 Å². The molecule has 0 heterocycles. The summed E-state index contributed by atoms with van der Waals surface area (Å²) in [7, 11) is -4.40. The number of nitrogens with one attached hydrogen (secondary N) is 1. The van der Waals surface area contributed by atoms with E-state index in [-0.39, 0.29) is 32.1 Å². The molecule has 0 saturated carbocycles. The van der Waals surface area contributed by atoms with Gasteiger partial charge >= 0.3 is 13.8 Å². The highest BCUT2D eigenvalue weighted by Gasteiger charge is 2.23. The number of esters is 1. The van der Waals surface area contributed by atoms with Crippen LogP contribution >= 0.6 is 7.82 Å². The highest BCUT2D eigenvalue weighted by molar-refractivity contribution is 7.47. The zero-order chi connectivity index (χ0) is 32.6. The van der Waals surface area contributed by atoms with Crippen molar-refractivity contribution >= 4 is 19.7 Å². The van der Waals surface area contributed by atoms with Crippen molar-refractivity contribution in [1.29, 1.82) is 0 Å². The summed E-state index contributed by atoms with van der Waals surface area (Å²) in [4.78, 5) is 33.6. The van der Waals surface area contributed by atoms with E-state index in [0.717, 1.165) is 57.8 Å². The second kappa shape index (κ2) is 31.7. The van der Waals surface area contributed by atoms with Crippen molar-refractivity contribution in [3.63, 3.8) is 0 Å². The van der Waals surface area contributed by atoms with Gasteiger partial charge in [0.1, 0.15) is 12.7 Å². The van der Waals surface area contributed by atoms with E-state index in [1.54, 1.807) is 0 Å². The molecule has 0 aromatic rings. The molecule has 1 amide bonds. The minimum Gasteiger partial charge on any atom is -0.463 e. The standard InChI is InChI=1S/C34H66NO8P/c1-3-5-7-9-11-13-14-15-16-17-19-21-23-25-27-34(38)41-30-32(36)31-43-44(39,40)42-29-28-35-33(37)26-24-22-20-18-12-10-8-6-4-2/h14-15,32,36H,3-13,16-31H2,1-2H3,(H,35,37)(H,39,40)/b15-14-.